The number of ether oxygens (including phenoxy) is 1. The highest BCUT2D eigenvalue weighted by Crippen LogP contribution is 2.26. The maximum absolute atomic E-state index is 12.4. The van der Waals surface area contributed by atoms with E-state index in [-0.39, 0.29) is 47.2 Å². The highest BCUT2D eigenvalue weighted by molar-refractivity contribution is 6.31. The van der Waals surface area contributed by atoms with Gasteiger partial charge in [-0.25, -0.2) is 9.97 Å². The molecule has 0 atom stereocenters. The minimum atomic E-state index is -4.35. The fourth-order valence-electron chi connectivity index (χ4n) is 2.49. The summed E-state index contributed by atoms with van der Waals surface area (Å²) in [6.45, 7) is 3.47. The van der Waals surface area contributed by atoms with Gasteiger partial charge in [0, 0.05) is 30.9 Å². The van der Waals surface area contributed by atoms with Crippen LogP contribution < -0.4 is 15.4 Å². The Morgan fingerprint density at radius 1 is 1.23 bits per heavy atom. The first kappa shape index (κ1) is 23.4. The largest absolute Gasteiger partial charge is 0.477 e. The predicted molar refractivity (Wildman–Crippen MR) is 105 cm³/mol. The van der Waals surface area contributed by atoms with Gasteiger partial charge in [-0.2, -0.15) is 13.2 Å². The molecule has 2 aromatic rings. The van der Waals surface area contributed by atoms with Crippen LogP contribution in [0.5, 0.6) is 5.88 Å². The Balaban J connectivity index is 1.81. The van der Waals surface area contributed by atoms with Crippen LogP contribution in [-0.4, -0.2) is 41.1 Å². The molecule has 0 aliphatic carbocycles. The van der Waals surface area contributed by atoms with Crippen molar-refractivity contribution < 1.29 is 27.5 Å². The smallest absolute Gasteiger partial charge is 0.393 e. The second-order valence-corrected chi connectivity index (χ2v) is 6.85. The predicted octanol–water partition coefficient (Wildman–Crippen LogP) is 3.70. The maximum atomic E-state index is 12.4. The van der Waals surface area contributed by atoms with Gasteiger partial charge in [0.15, 0.2) is 0 Å². The number of aromatic nitrogens is 2. The first-order valence-corrected chi connectivity index (χ1v) is 9.30. The van der Waals surface area contributed by atoms with E-state index in [9.17, 15) is 22.8 Å². The van der Waals surface area contributed by atoms with Crippen molar-refractivity contribution in [1.29, 1.82) is 0 Å². The van der Waals surface area contributed by atoms with E-state index < -0.39 is 12.6 Å². The first-order valence-electron chi connectivity index (χ1n) is 8.92. The van der Waals surface area contributed by atoms with Gasteiger partial charge in [0.2, 0.25) is 11.8 Å². The molecule has 0 radical (unpaired) electrons. The molecule has 0 spiro atoms. The topological polar surface area (TPSA) is 93.2 Å². The number of aryl methyl sites for hydroxylation is 1. The summed E-state index contributed by atoms with van der Waals surface area (Å²) in [6.07, 6.45) is -3.99. The van der Waals surface area contributed by atoms with Gasteiger partial charge in [0.05, 0.1) is 13.0 Å². The van der Waals surface area contributed by atoms with Crippen LogP contribution in [0.25, 0.3) is 0 Å². The lowest BCUT2D eigenvalue weighted by Crippen LogP contribution is -2.26. The van der Waals surface area contributed by atoms with E-state index in [4.69, 9.17) is 16.3 Å². The van der Waals surface area contributed by atoms with Gasteiger partial charge < -0.3 is 15.4 Å². The molecule has 2 aromatic heterocycles. The quantitative estimate of drug-likeness (QED) is 0.605. The molecule has 0 aromatic carbocycles. The molecule has 2 amide bonds. The van der Waals surface area contributed by atoms with E-state index in [1.807, 2.05) is 0 Å². The Kier molecular flexibility index (Phi) is 7.99. The molecule has 11 heteroatoms. The second kappa shape index (κ2) is 10.2. The van der Waals surface area contributed by atoms with Crippen LogP contribution in [0, 0.1) is 6.92 Å². The number of pyridine rings is 2. The lowest BCUT2D eigenvalue weighted by atomic mass is 10.2. The lowest BCUT2D eigenvalue weighted by Gasteiger charge is -2.11. The molecule has 2 heterocycles. The minimum Gasteiger partial charge on any atom is -0.477 e. The van der Waals surface area contributed by atoms with Crippen molar-refractivity contribution in [2.45, 2.75) is 32.9 Å². The van der Waals surface area contributed by atoms with Crippen LogP contribution in [0.2, 0.25) is 5.02 Å². The van der Waals surface area contributed by atoms with E-state index >= 15 is 0 Å². The molecular weight excluding hydrogens is 425 g/mol. The molecule has 2 rings (SSSR count). The molecular formula is C19H20ClF3N4O3. The van der Waals surface area contributed by atoms with Crippen molar-refractivity contribution in [2.75, 3.05) is 18.5 Å². The standard InChI is InChI=1S/C19H20ClF3N4O3/c1-11-6-14(8-16(26-11)27-12(2)28)17(29)24-4-3-5-30-18-15(20)7-13(10-25-18)9-19(21,22)23/h6-8,10H,3-5,9H2,1-2H3,(H,24,29)(H,26,27,28). The zero-order chi connectivity index (χ0) is 22.3. The van der Waals surface area contributed by atoms with Crippen LogP contribution in [-0.2, 0) is 11.2 Å². The van der Waals surface area contributed by atoms with E-state index in [0.717, 1.165) is 12.3 Å². The van der Waals surface area contributed by atoms with E-state index in [1.165, 1.54) is 13.0 Å². The fraction of sp³-hybridized carbons (Fsp3) is 0.368. The van der Waals surface area contributed by atoms with Gasteiger partial charge in [-0.1, -0.05) is 11.6 Å². The summed E-state index contributed by atoms with van der Waals surface area (Å²) in [5.74, 6) is -0.334. The molecule has 0 bridgehead atoms. The zero-order valence-electron chi connectivity index (χ0n) is 16.3. The molecule has 2 N–H and O–H groups in total. The average molecular weight is 445 g/mol. The maximum Gasteiger partial charge on any atom is 0.393 e. The number of nitrogens with one attached hydrogen (secondary N) is 2. The van der Waals surface area contributed by atoms with Crippen molar-refractivity contribution >= 4 is 29.2 Å². The highest BCUT2D eigenvalue weighted by Gasteiger charge is 2.28. The Labute approximate surface area is 176 Å². The minimum absolute atomic E-state index is 0.0152. The molecule has 0 aliphatic rings. The molecule has 0 saturated heterocycles. The van der Waals surface area contributed by atoms with E-state index in [1.54, 1.807) is 13.0 Å². The number of halogens is 4. The fourth-order valence-corrected chi connectivity index (χ4v) is 2.73. The summed E-state index contributed by atoms with van der Waals surface area (Å²) in [7, 11) is 0. The zero-order valence-corrected chi connectivity index (χ0v) is 17.0. The third-order valence-corrected chi connectivity index (χ3v) is 3.90. The molecule has 0 saturated carbocycles. The molecule has 0 aliphatic heterocycles. The summed E-state index contributed by atoms with van der Waals surface area (Å²) < 4.78 is 42.5. The SMILES string of the molecule is CC(=O)Nc1cc(C(=O)NCCCOc2ncc(CC(F)(F)F)cc2Cl)cc(C)n1. The summed E-state index contributed by atoms with van der Waals surface area (Å²) in [5, 5.41) is 5.21. The average Bonchev–Trinajstić information content (AvgIpc) is 2.60. The molecule has 162 valence electrons. The Morgan fingerprint density at radius 3 is 2.60 bits per heavy atom. The first-order chi connectivity index (χ1) is 14.0. The normalized spacial score (nSPS) is 11.1. The summed E-state index contributed by atoms with van der Waals surface area (Å²) in [4.78, 5) is 31.3. The van der Waals surface area contributed by atoms with Crippen molar-refractivity contribution in [3.63, 3.8) is 0 Å². The van der Waals surface area contributed by atoms with E-state index in [0.29, 0.717) is 17.7 Å². The van der Waals surface area contributed by atoms with Crippen molar-refractivity contribution in [3.05, 3.63) is 46.2 Å². The third-order valence-electron chi connectivity index (χ3n) is 3.63. The number of carbonyl (C=O) groups is 2. The van der Waals surface area contributed by atoms with Gasteiger partial charge in [-0.05, 0) is 37.1 Å². The van der Waals surface area contributed by atoms with Gasteiger partial charge in [0.25, 0.3) is 5.91 Å². The number of hydrogen-bond acceptors (Lipinski definition) is 5. The van der Waals surface area contributed by atoms with Crippen molar-refractivity contribution in [3.8, 4) is 5.88 Å². The number of alkyl halides is 3. The molecule has 0 unspecified atom stereocenters. The van der Waals surface area contributed by atoms with Gasteiger partial charge >= 0.3 is 6.18 Å². The number of nitrogens with zero attached hydrogens (tertiary/aromatic N) is 2. The van der Waals surface area contributed by atoms with Crippen LogP contribution in [0.3, 0.4) is 0 Å². The van der Waals surface area contributed by atoms with E-state index in [2.05, 4.69) is 20.6 Å². The van der Waals surface area contributed by atoms with Gasteiger partial charge in [-0.3, -0.25) is 9.59 Å². The van der Waals surface area contributed by atoms with Crippen LogP contribution in [0.4, 0.5) is 19.0 Å². The number of hydrogen-bond donors (Lipinski definition) is 2. The number of carbonyl (C=O) groups excluding carboxylic acids is 2. The van der Waals surface area contributed by atoms with Crippen LogP contribution in [0.1, 0.15) is 35.0 Å². The summed E-state index contributed by atoms with van der Waals surface area (Å²) in [6, 6.07) is 4.22. The molecule has 7 nitrogen and oxygen atoms in total. The molecule has 30 heavy (non-hydrogen) atoms. The number of rotatable bonds is 8. The van der Waals surface area contributed by atoms with Gasteiger partial charge in [0.1, 0.15) is 10.8 Å². The third kappa shape index (κ3) is 7.86. The van der Waals surface area contributed by atoms with Crippen molar-refractivity contribution in [1.82, 2.24) is 15.3 Å². The lowest BCUT2D eigenvalue weighted by molar-refractivity contribution is -0.127. The summed E-state index contributed by atoms with van der Waals surface area (Å²) >= 11 is 5.91. The second-order valence-electron chi connectivity index (χ2n) is 6.44. The molecule has 0 fully saturated rings. The van der Waals surface area contributed by atoms with Crippen LogP contribution in [0.15, 0.2) is 24.4 Å². The highest BCUT2D eigenvalue weighted by atomic mass is 35.5. The Morgan fingerprint density at radius 2 is 1.97 bits per heavy atom. The van der Waals surface area contributed by atoms with Crippen LogP contribution >= 0.6 is 11.6 Å². The van der Waals surface area contributed by atoms with Crippen molar-refractivity contribution in [2.24, 2.45) is 0 Å². The summed E-state index contributed by atoms with van der Waals surface area (Å²) in [5.41, 5.74) is 0.861. The Hall–Kier alpha value is -2.88. The monoisotopic (exact) mass is 444 g/mol. The number of anilines is 1. The van der Waals surface area contributed by atoms with Gasteiger partial charge in [-0.15, -0.1) is 0 Å². The Bertz CT molecular complexity index is 922. The number of amides is 2.